The number of carbonyl (C=O) groups is 1. The molecule has 0 saturated heterocycles. The van der Waals surface area contributed by atoms with E-state index in [1.165, 1.54) is 5.56 Å². The van der Waals surface area contributed by atoms with Crippen LogP contribution in [0, 0.1) is 0 Å². The van der Waals surface area contributed by atoms with Crippen LogP contribution in [0.5, 0.6) is 0 Å². The van der Waals surface area contributed by atoms with Crippen LogP contribution in [-0.4, -0.2) is 29.6 Å². The van der Waals surface area contributed by atoms with Gasteiger partial charge in [0.15, 0.2) is 0 Å². The van der Waals surface area contributed by atoms with Gasteiger partial charge in [0.1, 0.15) is 0 Å². The van der Waals surface area contributed by atoms with E-state index < -0.39 is 0 Å². The summed E-state index contributed by atoms with van der Waals surface area (Å²) in [7, 11) is 0. The van der Waals surface area contributed by atoms with Gasteiger partial charge in [-0.25, -0.2) is 0 Å². The SMILES string of the molecule is CCN(CC)C(=O)CSCc1ccccc1. The summed E-state index contributed by atoms with van der Waals surface area (Å²) in [6.07, 6.45) is 0. The van der Waals surface area contributed by atoms with Crippen molar-refractivity contribution in [1.29, 1.82) is 0 Å². The number of amides is 1. The molecule has 0 spiro atoms. The van der Waals surface area contributed by atoms with Crippen LogP contribution >= 0.6 is 11.8 Å². The Balaban J connectivity index is 2.28. The summed E-state index contributed by atoms with van der Waals surface area (Å²) < 4.78 is 0. The predicted molar refractivity (Wildman–Crippen MR) is 70.5 cm³/mol. The predicted octanol–water partition coefficient (Wildman–Crippen LogP) is 2.79. The Morgan fingerprint density at radius 1 is 1.19 bits per heavy atom. The molecule has 0 unspecified atom stereocenters. The number of rotatable bonds is 6. The Labute approximate surface area is 102 Å². The second-order valence-corrected chi connectivity index (χ2v) is 4.53. The Kier molecular flexibility index (Phi) is 6.01. The van der Waals surface area contributed by atoms with E-state index in [1.807, 2.05) is 36.9 Å². The van der Waals surface area contributed by atoms with Gasteiger partial charge in [-0.05, 0) is 19.4 Å². The molecule has 0 bridgehead atoms. The first kappa shape index (κ1) is 13.1. The second-order valence-electron chi connectivity index (χ2n) is 3.54. The molecule has 88 valence electrons. The van der Waals surface area contributed by atoms with Crippen LogP contribution in [0.25, 0.3) is 0 Å². The Morgan fingerprint density at radius 2 is 1.81 bits per heavy atom. The summed E-state index contributed by atoms with van der Waals surface area (Å²) in [6.45, 7) is 5.65. The third kappa shape index (κ3) is 4.27. The summed E-state index contributed by atoms with van der Waals surface area (Å²) in [5.41, 5.74) is 1.28. The van der Waals surface area contributed by atoms with Crippen LogP contribution < -0.4 is 0 Å². The van der Waals surface area contributed by atoms with Gasteiger partial charge < -0.3 is 4.90 Å². The summed E-state index contributed by atoms with van der Waals surface area (Å²) >= 11 is 1.68. The maximum Gasteiger partial charge on any atom is 0.232 e. The zero-order valence-electron chi connectivity index (χ0n) is 9.98. The zero-order valence-corrected chi connectivity index (χ0v) is 10.8. The highest BCUT2D eigenvalue weighted by Crippen LogP contribution is 2.12. The molecule has 0 fully saturated rings. The van der Waals surface area contributed by atoms with Gasteiger partial charge in [0, 0.05) is 18.8 Å². The molecule has 0 saturated carbocycles. The molecule has 0 atom stereocenters. The van der Waals surface area contributed by atoms with Crippen LogP contribution in [0.2, 0.25) is 0 Å². The van der Waals surface area contributed by atoms with Crippen LogP contribution in [0.3, 0.4) is 0 Å². The Bertz CT molecular complexity index is 309. The number of hydrogen-bond acceptors (Lipinski definition) is 2. The lowest BCUT2D eigenvalue weighted by molar-refractivity contribution is -0.127. The van der Waals surface area contributed by atoms with Crippen molar-refractivity contribution in [2.75, 3.05) is 18.8 Å². The molecule has 3 heteroatoms. The van der Waals surface area contributed by atoms with E-state index in [-0.39, 0.29) is 5.91 Å². The fourth-order valence-electron chi connectivity index (χ4n) is 1.50. The smallest absolute Gasteiger partial charge is 0.232 e. The summed E-state index contributed by atoms with van der Waals surface area (Å²) in [5, 5.41) is 0. The highest BCUT2D eigenvalue weighted by atomic mass is 32.2. The minimum Gasteiger partial charge on any atom is -0.343 e. The molecule has 16 heavy (non-hydrogen) atoms. The lowest BCUT2D eigenvalue weighted by Gasteiger charge is -2.18. The molecule has 2 nitrogen and oxygen atoms in total. The van der Waals surface area contributed by atoms with E-state index in [0.717, 1.165) is 18.8 Å². The van der Waals surface area contributed by atoms with Gasteiger partial charge in [-0.1, -0.05) is 30.3 Å². The van der Waals surface area contributed by atoms with Gasteiger partial charge in [0.2, 0.25) is 5.91 Å². The first-order valence-corrected chi connectivity index (χ1v) is 6.82. The van der Waals surface area contributed by atoms with Crippen molar-refractivity contribution in [1.82, 2.24) is 4.90 Å². The molecule has 0 aliphatic carbocycles. The fourth-order valence-corrected chi connectivity index (χ4v) is 2.39. The van der Waals surface area contributed by atoms with Crippen molar-refractivity contribution in [2.24, 2.45) is 0 Å². The van der Waals surface area contributed by atoms with Crippen LogP contribution in [0.1, 0.15) is 19.4 Å². The van der Waals surface area contributed by atoms with Gasteiger partial charge in [0.25, 0.3) is 0 Å². The summed E-state index contributed by atoms with van der Waals surface area (Å²) in [4.78, 5) is 13.6. The minimum atomic E-state index is 0.242. The maximum absolute atomic E-state index is 11.7. The van der Waals surface area contributed by atoms with Crippen LogP contribution in [0.15, 0.2) is 30.3 Å². The molecule has 0 radical (unpaired) electrons. The zero-order chi connectivity index (χ0) is 11.8. The number of carbonyl (C=O) groups excluding carboxylic acids is 1. The number of benzene rings is 1. The molecule has 0 aliphatic heterocycles. The molecule has 1 rings (SSSR count). The van der Waals surface area contributed by atoms with Crippen molar-refractivity contribution in [2.45, 2.75) is 19.6 Å². The van der Waals surface area contributed by atoms with E-state index in [4.69, 9.17) is 0 Å². The Hall–Kier alpha value is -0.960. The van der Waals surface area contributed by atoms with E-state index in [0.29, 0.717) is 5.75 Å². The average molecular weight is 237 g/mol. The molecule has 0 N–H and O–H groups in total. The van der Waals surface area contributed by atoms with E-state index in [9.17, 15) is 4.79 Å². The monoisotopic (exact) mass is 237 g/mol. The molecule has 1 aromatic carbocycles. The van der Waals surface area contributed by atoms with Crippen molar-refractivity contribution in [3.8, 4) is 0 Å². The maximum atomic E-state index is 11.7. The topological polar surface area (TPSA) is 20.3 Å². The highest BCUT2D eigenvalue weighted by molar-refractivity contribution is 7.99. The van der Waals surface area contributed by atoms with Crippen LogP contribution in [0.4, 0.5) is 0 Å². The van der Waals surface area contributed by atoms with Gasteiger partial charge in [0.05, 0.1) is 5.75 Å². The number of hydrogen-bond donors (Lipinski definition) is 0. The van der Waals surface area contributed by atoms with E-state index in [2.05, 4.69) is 12.1 Å². The molecule has 1 aromatic rings. The molecule has 0 aliphatic rings. The largest absolute Gasteiger partial charge is 0.343 e. The van der Waals surface area contributed by atoms with E-state index in [1.54, 1.807) is 11.8 Å². The van der Waals surface area contributed by atoms with Gasteiger partial charge >= 0.3 is 0 Å². The quantitative estimate of drug-likeness (QED) is 0.758. The lowest BCUT2D eigenvalue weighted by atomic mass is 10.2. The summed E-state index contributed by atoms with van der Waals surface area (Å²) in [6, 6.07) is 10.3. The first-order valence-electron chi connectivity index (χ1n) is 5.67. The van der Waals surface area contributed by atoms with E-state index >= 15 is 0 Å². The lowest BCUT2D eigenvalue weighted by Crippen LogP contribution is -2.31. The highest BCUT2D eigenvalue weighted by Gasteiger charge is 2.08. The summed E-state index contributed by atoms with van der Waals surface area (Å²) in [5.74, 6) is 1.73. The van der Waals surface area contributed by atoms with Gasteiger partial charge in [-0.2, -0.15) is 0 Å². The third-order valence-electron chi connectivity index (χ3n) is 2.45. The molecule has 1 amide bonds. The number of nitrogens with zero attached hydrogens (tertiary/aromatic N) is 1. The van der Waals surface area contributed by atoms with Crippen molar-refractivity contribution >= 4 is 17.7 Å². The standard InChI is InChI=1S/C13H19NOS/c1-3-14(4-2)13(15)11-16-10-12-8-6-5-7-9-12/h5-9H,3-4,10-11H2,1-2H3. The third-order valence-corrected chi connectivity index (χ3v) is 3.44. The van der Waals surface area contributed by atoms with Gasteiger partial charge in [-0.3, -0.25) is 4.79 Å². The molecule has 0 heterocycles. The number of thioether (sulfide) groups is 1. The fraction of sp³-hybridized carbons (Fsp3) is 0.462. The normalized spacial score (nSPS) is 10.1. The molecular formula is C13H19NOS. The first-order chi connectivity index (χ1) is 7.77. The van der Waals surface area contributed by atoms with Gasteiger partial charge in [-0.15, -0.1) is 11.8 Å². The van der Waals surface area contributed by atoms with Crippen molar-refractivity contribution in [3.05, 3.63) is 35.9 Å². The Morgan fingerprint density at radius 3 is 2.38 bits per heavy atom. The average Bonchev–Trinajstić information content (AvgIpc) is 2.32. The molecule has 0 aromatic heterocycles. The van der Waals surface area contributed by atoms with Crippen LogP contribution in [-0.2, 0) is 10.5 Å². The minimum absolute atomic E-state index is 0.242. The second kappa shape index (κ2) is 7.34. The molecular weight excluding hydrogens is 218 g/mol. The van der Waals surface area contributed by atoms with Crippen molar-refractivity contribution < 1.29 is 4.79 Å². The van der Waals surface area contributed by atoms with Crippen molar-refractivity contribution in [3.63, 3.8) is 0 Å².